The number of hydrogen-bond donors (Lipinski definition) is 1. The zero-order chi connectivity index (χ0) is 7.73. The van der Waals surface area contributed by atoms with Crippen molar-refractivity contribution in [2.45, 2.75) is 12.1 Å². The van der Waals surface area contributed by atoms with Gasteiger partial charge in [0.2, 0.25) is 0 Å². The van der Waals surface area contributed by atoms with Crippen molar-refractivity contribution in [3.63, 3.8) is 0 Å². The molecule has 0 aromatic carbocycles. The first-order valence-corrected chi connectivity index (χ1v) is 4.64. The van der Waals surface area contributed by atoms with Crippen LogP contribution < -0.4 is 5.32 Å². The summed E-state index contributed by atoms with van der Waals surface area (Å²) in [5.41, 5.74) is 0.167. The molecule has 0 unspecified atom stereocenters. The Morgan fingerprint density at radius 3 is 2.91 bits per heavy atom. The van der Waals surface area contributed by atoms with Crippen LogP contribution in [0.4, 0.5) is 4.39 Å². The molecule has 0 saturated carbocycles. The molecule has 3 heteroatoms. The van der Waals surface area contributed by atoms with Gasteiger partial charge in [-0.3, -0.25) is 0 Å². The van der Waals surface area contributed by atoms with E-state index in [2.05, 4.69) is 5.32 Å². The van der Waals surface area contributed by atoms with Crippen molar-refractivity contribution in [3.8, 4) is 0 Å². The van der Waals surface area contributed by atoms with Crippen LogP contribution in [0.1, 0.15) is 5.56 Å². The normalized spacial score (nSPS) is 21.2. The minimum absolute atomic E-state index is 0.517. The smallest absolute Gasteiger partial charge is 0.139 e. The van der Waals surface area contributed by atoms with Crippen LogP contribution in [0.25, 0.3) is 0 Å². The van der Waals surface area contributed by atoms with Crippen molar-refractivity contribution in [2.75, 3.05) is 13.1 Å². The molecule has 2 heterocycles. The summed E-state index contributed by atoms with van der Waals surface area (Å²) in [6.07, 6.45) is 0.573. The molecule has 1 fully saturated rings. The molecule has 1 aliphatic rings. The molecule has 0 aliphatic carbocycles. The summed E-state index contributed by atoms with van der Waals surface area (Å²) in [4.78, 5) is 0. The molecule has 1 saturated heterocycles. The van der Waals surface area contributed by atoms with Gasteiger partial charge in [0, 0.05) is 19.5 Å². The molecule has 2 rings (SSSR count). The van der Waals surface area contributed by atoms with Gasteiger partial charge in [0.1, 0.15) is 5.67 Å². The maximum absolute atomic E-state index is 13.4. The third kappa shape index (κ3) is 1.44. The SMILES string of the molecule is FC1(Cc2ccsc2)CNC1. The highest BCUT2D eigenvalue weighted by Gasteiger charge is 2.36. The summed E-state index contributed by atoms with van der Waals surface area (Å²) in [6, 6.07) is 1.99. The summed E-state index contributed by atoms with van der Waals surface area (Å²) < 4.78 is 13.4. The van der Waals surface area contributed by atoms with E-state index in [0.29, 0.717) is 19.5 Å². The molecule has 1 nitrogen and oxygen atoms in total. The Balaban J connectivity index is 2.00. The number of rotatable bonds is 2. The number of hydrogen-bond acceptors (Lipinski definition) is 2. The van der Waals surface area contributed by atoms with Gasteiger partial charge >= 0.3 is 0 Å². The highest BCUT2D eigenvalue weighted by molar-refractivity contribution is 7.07. The van der Waals surface area contributed by atoms with Crippen LogP contribution >= 0.6 is 11.3 Å². The van der Waals surface area contributed by atoms with Crippen LogP contribution in [0.5, 0.6) is 0 Å². The average molecular weight is 171 g/mol. The largest absolute Gasteiger partial charge is 0.310 e. The van der Waals surface area contributed by atoms with Crippen LogP contribution in [-0.2, 0) is 6.42 Å². The summed E-state index contributed by atoms with van der Waals surface area (Å²) >= 11 is 1.63. The zero-order valence-corrected chi connectivity index (χ0v) is 6.96. The Morgan fingerprint density at radius 1 is 1.64 bits per heavy atom. The molecule has 60 valence electrons. The summed E-state index contributed by atoms with van der Waals surface area (Å²) in [6.45, 7) is 1.03. The van der Waals surface area contributed by atoms with Crippen molar-refractivity contribution in [1.82, 2.24) is 5.32 Å². The van der Waals surface area contributed by atoms with E-state index in [9.17, 15) is 4.39 Å². The number of thiophene rings is 1. The Bertz CT molecular complexity index is 228. The van der Waals surface area contributed by atoms with Crippen LogP contribution in [0.3, 0.4) is 0 Å². The summed E-state index contributed by atoms with van der Waals surface area (Å²) in [5, 5.41) is 6.95. The minimum atomic E-state index is -0.957. The van der Waals surface area contributed by atoms with Gasteiger partial charge in [-0.25, -0.2) is 4.39 Å². The van der Waals surface area contributed by atoms with Gasteiger partial charge in [-0.15, -0.1) is 0 Å². The van der Waals surface area contributed by atoms with E-state index < -0.39 is 5.67 Å². The van der Waals surface area contributed by atoms with Gasteiger partial charge in [0.05, 0.1) is 0 Å². The topological polar surface area (TPSA) is 12.0 Å². The highest BCUT2D eigenvalue weighted by atomic mass is 32.1. The Labute approximate surface area is 69.2 Å². The van der Waals surface area contributed by atoms with E-state index in [1.54, 1.807) is 11.3 Å². The highest BCUT2D eigenvalue weighted by Crippen LogP contribution is 2.23. The molecule has 1 aromatic heterocycles. The number of halogens is 1. The fourth-order valence-corrected chi connectivity index (χ4v) is 1.95. The minimum Gasteiger partial charge on any atom is -0.310 e. The zero-order valence-electron chi connectivity index (χ0n) is 6.14. The van der Waals surface area contributed by atoms with E-state index in [1.807, 2.05) is 16.8 Å². The van der Waals surface area contributed by atoms with Crippen LogP contribution in [0.15, 0.2) is 16.8 Å². The van der Waals surface area contributed by atoms with Crippen molar-refractivity contribution in [1.29, 1.82) is 0 Å². The summed E-state index contributed by atoms with van der Waals surface area (Å²) in [7, 11) is 0. The first kappa shape index (κ1) is 7.25. The Kier molecular flexibility index (Phi) is 1.69. The van der Waals surface area contributed by atoms with Gasteiger partial charge in [-0.2, -0.15) is 11.3 Å². The van der Waals surface area contributed by atoms with Gasteiger partial charge in [-0.05, 0) is 22.4 Å². The number of nitrogens with one attached hydrogen (secondary N) is 1. The lowest BCUT2D eigenvalue weighted by atomic mass is 9.92. The fraction of sp³-hybridized carbons (Fsp3) is 0.500. The van der Waals surface area contributed by atoms with Gasteiger partial charge in [0.25, 0.3) is 0 Å². The predicted molar refractivity (Wildman–Crippen MR) is 44.7 cm³/mol. The molecule has 1 aromatic rings. The first-order chi connectivity index (χ1) is 5.29. The van der Waals surface area contributed by atoms with Crippen LogP contribution in [0.2, 0.25) is 0 Å². The first-order valence-electron chi connectivity index (χ1n) is 3.69. The lowest BCUT2D eigenvalue weighted by Crippen LogP contribution is -2.57. The second kappa shape index (κ2) is 2.57. The monoisotopic (exact) mass is 171 g/mol. The van der Waals surface area contributed by atoms with Crippen molar-refractivity contribution >= 4 is 11.3 Å². The average Bonchev–Trinajstić information content (AvgIpc) is 2.36. The van der Waals surface area contributed by atoms with Crippen molar-refractivity contribution in [2.24, 2.45) is 0 Å². The van der Waals surface area contributed by atoms with E-state index in [1.165, 1.54) is 0 Å². The summed E-state index contributed by atoms with van der Waals surface area (Å²) in [5.74, 6) is 0. The van der Waals surface area contributed by atoms with Crippen molar-refractivity contribution in [3.05, 3.63) is 22.4 Å². The second-order valence-electron chi connectivity index (χ2n) is 3.06. The predicted octanol–water partition coefficient (Wildman–Crippen LogP) is 1.60. The third-order valence-corrected chi connectivity index (χ3v) is 2.72. The van der Waals surface area contributed by atoms with Crippen LogP contribution in [0, 0.1) is 0 Å². The molecule has 0 atom stereocenters. The fourth-order valence-electron chi connectivity index (χ4n) is 1.28. The molecule has 0 amide bonds. The molecule has 0 spiro atoms. The Hall–Kier alpha value is -0.410. The lowest BCUT2D eigenvalue weighted by Gasteiger charge is -2.34. The molecular formula is C8H10FNS. The molecule has 1 N–H and O–H groups in total. The third-order valence-electron chi connectivity index (χ3n) is 1.98. The lowest BCUT2D eigenvalue weighted by molar-refractivity contribution is 0.0913. The van der Waals surface area contributed by atoms with Gasteiger partial charge < -0.3 is 5.32 Å². The molecule has 0 radical (unpaired) electrons. The van der Waals surface area contributed by atoms with Gasteiger partial charge in [0.15, 0.2) is 0 Å². The molecule has 11 heavy (non-hydrogen) atoms. The van der Waals surface area contributed by atoms with E-state index in [-0.39, 0.29) is 0 Å². The van der Waals surface area contributed by atoms with Crippen molar-refractivity contribution < 1.29 is 4.39 Å². The standard InChI is InChI=1S/C8H10FNS/c9-8(5-10-6-8)3-7-1-2-11-4-7/h1-2,4,10H,3,5-6H2. The number of alkyl halides is 1. The van der Waals surface area contributed by atoms with E-state index >= 15 is 0 Å². The second-order valence-corrected chi connectivity index (χ2v) is 3.84. The van der Waals surface area contributed by atoms with E-state index in [4.69, 9.17) is 0 Å². The molecular weight excluding hydrogens is 161 g/mol. The maximum atomic E-state index is 13.4. The quantitative estimate of drug-likeness (QED) is 0.712. The molecule has 1 aliphatic heterocycles. The van der Waals surface area contributed by atoms with Gasteiger partial charge in [-0.1, -0.05) is 0 Å². The maximum Gasteiger partial charge on any atom is 0.139 e. The van der Waals surface area contributed by atoms with Crippen LogP contribution in [-0.4, -0.2) is 18.8 Å². The van der Waals surface area contributed by atoms with E-state index in [0.717, 1.165) is 5.56 Å². The molecule has 0 bridgehead atoms. The Morgan fingerprint density at radius 2 is 2.45 bits per heavy atom.